The van der Waals surface area contributed by atoms with E-state index in [0.29, 0.717) is 5.15 Å². The number of hydrogen-bond donors (Lipinski definition) is 0. The number of pyridine rings is 1. The molecule has 0 N–H and O–H groups in total. The van der Waals surface area contributed by atoms with Gasteiger partial charge in [-0.3, -0.25) is 0 Å². The van der Waals surface area contributed by atoms with E-state index in [1.165, 1.54) is 36.3 Å². The molecular weight excluding hydrogens is 361 g/mol. The average molecular weight is 380 g/mol. The van der Waals surface area contributed by atoms with E-state index >= 15 is 0 Å². The van der Waals surface area contributed by atoms with Crippen molar-refractivity contribution in [2.45, 2.75) is 0 Å². The second-order valence-electron chi connectivity index (χ2n) is 6.07. The van der Waals surface area contributed by atoms with Crippen LogP contribution in [-0.2, 0) is 0 Å². The van der Waals surface area contributed by atoms with E-state index in [2.05, 4.69) is 30.0 Å². The summed E-state index contributed by atoms with van der Waals surface area (Å²) in [7, 11) is 4.68. The molecule has 1 aromatic rings. The van der Waals surface area contributed by atoms with Gasteiger partial charge in [-0.1, -0.05) is 11.6 Å². The van der Waals surface area contributed by atoms with Gasteiger partial charge < -0.3 is 33.4 Å². The lowest BCUT2D eigenvalue weighted by atomic mass is 10.0. The predicted octanol–water partition coefficient (Wildman–Crippen LogP) is -1.12. The van der Waals surface area contributed by atoms with Crippen LogP contribution >= 0.6 is 11.6 Å². The number of rotatable bonds is 1. The SMILES string of the molecule is C[N+]1(C)CC2CN(c3ccc(Cl)nc3)CC2C1.[I-]. The molecular formula is C13H19ClIN3. The second kappa shape index (κ2) is 5.13. The Kier molecular flexibility index (Phi) is 4.09. The number of quaternary nitrogens is 1. The number of nitrogens with zero attached hydrogens (tertiary/aromatic N) is 3. The van der Waals surface area contributed by atoms with Crippen LogP contribution in [0.3, 0.4) is 0 Å². The Morgan fingerprint density at radius 3 is 2.33 bits per heavy atom. The zero-order valence-electron chi connectivity index (χ0n) is 10.8. The van der Waals surface area contributed by atoms with Gasteiger partial charge in [0.25, 0.3) is 0 Å². The van der Waals surface area contributed by atoms with Crippen LogP contribution in [0.25, 0.3) is 0 Å². The van der Waals surface area contributed by atoms with E-state index in [9.17, 15) is 0 Å². The fourth-order valence-electron chi connectivity index (χ4n) is 3.46. The summed E-state index contributed by atoms with van der Waals surface area (Å²) in [5, 5.41) is 0.575. The normalized spacial score (nSPS) is 28.9. The molecule has 3 rings (SSSR count). The van der Waals surface area contributed by atoms with Crippen molar-refractivity contribution in [2.24, 2.45) is 11.8 Å². The first-order valence-electron chi connectivity index (χ1n) is 6.22. The fraction of sp³-hybridized carbons (Fsp3) is 0.615. The summed E-state index contributed by atoms with van der Waals surface area (Å²) >= 11 is 5.82. The van der Waals surface area contributed by atoms with Gasteiger partial charge in [0, 0.05) is 24.9 Å². The zero-order chi connectivity index (χ0) is 12.0. The van der Waals surface area contributed by atoms with Crippen molar-refractivity contribution in [1.82, 2.24) is 4.98 Å². The van der Waals surface area contributed by atoms with Gasteiger partial charge >= 0.3 is 0 Å². The van der Waals surface area contributed by atoms with Gasteiger partial charge in [0.05, 0.1) is 39.1 Å². The highest BCUT2D eigenvalue weighted by Crippen LogP contribution is 2.35. The van der Waals surface area contributed by atoms with Crippen molar-refractivity contribution in [3.8, 4) is 0 Å². The number of anilines is 1. The standard InChI is InChI=1S/C13H19ClN3.HI/c1-17(2)8-10-6-16(7-11(10)9-17)12-3-4-13(14)15-5-12;/h3-5,10-11H,6-9H2,1-2H3;1H/q+1;/p-1. The van der Waals surface area contributed by atoms with E-state index < -0.39 is 0 Å². The van der Waals surface area contributed by atoms with Crippen LogP contribution < -0.4 is 28.9 Å². The van der Waals surface area contributed by atoms with Gasteiger partial charge in [-0.2, -0.15) is 0 Å². The minimum absolute atomic E-state index is 0. The molecule has 0 bridgehead atoms. The number of halogens is 2. The van der Waals surface area contributed by atoms with Crippen LogP contribution in [0.5, 0.6) is 0 Å². The van der Waals surface area contributed by atoms with Gasteiger partial charge in [0.1, 0.15) is 5.15 Å². The lowest BCUT2D eigenvalue weighted by Gasteiger charge is -2.27. The first-order valence-corrected chi connectivity index (χ1v) is 6.60. The number of fused-ring (bicyclic) bond motifs is 1. The Balaban J connectivity index is 0.00000120. The largest absolute Gasteiger partial charge is 1.00 e. The molecule has 2 saturated heterocycles. The molecule has 2 atom stereocenters. The van der Waals surface area contributed by atoms with E-state index in [-0.39, 0.29) is 24.0 Å². The van der Waals surface area contributed by atoms with Crippen molar-refractivity contribution < 1.29 is 28.5 Å². The average Bonchev–Trinajstić information content (AvgIpc) is 2.72. The van der Waals surface area contributed by atoms with Gasteiger partial charge in [0.15, 0.2) is 0 Å². The maximum absolute atomic E-state index is 5.82. The van der Waals surface area contributed by atoms with Crippen molar-refractivity contribution in [3.63, 3.8) is 0 Å². The Hall–Kier alpha value is -0.0700. The maximum Gasteiger partial charge on any atom is 0.129 e. The molecule has 0 aromatic carbocycles. The molecule has 2 unspecified atom stereocenters. The van der Waals surface area contributed by atoms with Gasteiger partial charge in [-0.25, -0.2) is 4.98 Å². The van der Waals surface area contributed by atoms with Crippen LogP contribution in [0.1, 0.15) is 0 Å². The van der Waals surface area contributed by atoms with Crippen LogP contribution in [0.15, 0.2) is 18.3 Å². The maximum atomic E-state index is 5.82. The van der Waals surface area contributed by atoms with E-state index in [0.717, 1.165) is 11.8 Å². The Bertz CT molecular complexity index is 405. The summed E-state index contributed by atoms with van der Waals surface area (Å²) in [4.78, 5) is 6.62. The quantitative estimate of drug-likeness (QED) is 0.349. The molecule has 0 aliphatic carbocycles. The van der Waals surface area contributed by atoms with Crippen LogP contribution in [0.4, 0.5) is 5.69 Å². The van der Waals surface area contributed by atoms with Crippen molar-refractivity contribution in [3.05, 3.63) is 23.5 Å². The van der Waals surface area contributed by atoms with Crippen LogP contribution in [-0.4, -0.2) is 49.7 Å². The highest BCUT2D eigenvalue weighted by atomic mass is 127. The summed E-state index contributed by atoms with van der Waals surface area (Å²) in [5.41, 5.74) is 1.22. The van der Waals surface area contributed by atoms with E-state index in [1.54, 1.807) is 0 Å². The number of hydrogen-bond acceptors (Lipinski definition) is 2. The Labute approximate surface area is 131 Å². The first kappa shape index (κ1) is 14.3. The first-order chi connectivity index (χ1) is 8.03. The summed E-state index contributed by atoms with van der Waals surface area (Å²) in [6.07, 6.45) is 1.89. The van der Waals surface area contributed by atoms with Crippen molar-refractivity contribution >= 4 is 17.3 Å². The number of likely N-dealkylation sites (tertiary alicyclic amines) is 1. The molecule has 1 aromatic heterocycles. The highest BCUT2D eigenvalue weighted by molar-refractivity contribution is 6.29. The Morgan fingerprint density at radius 2 is 1.83 bits per heavy atom. The van der Waals surface area contributed by atoms with Gasteiger partial charge in [0.2, 0.25) is 0 Å². The van der Waals surface area contributed by atoms with Crippen molar-refractivity contribution in [2.75, 3.05) is 45.2 Å². The molecule has 0 spiro atoms. The third kappa shape index (κ3) is 2.75. The van der Waals surface area contributed by atoms with Crippen molar-refractivity contribution in [1.29, 1.82) is 0 Å². The molecule has 3 nitrogen and oxygen atoms in total. The van der Waals surface area contributed by atoms with E-state index in [1.807, 2.05) is 12.3 Å². The van der Waals surface area contributed by atoms with Gasteiger partial charge in [-0.15, -0.1) is 0 Å². The second-order valence-corrected chi connectivity index (χ2v) is 6.45. The monoisotopic (exact) mass is 379 g/mol. The third-order valence-electron chi connectivity index (χ3n) is 4.11. The molecule has 0 radical (unpaired) electrons. The topological polar surface area (TPSA) is 16.1 Å². The smallest absolute Gasteiger partial charge is 0.129 e. The predicted molar refractivity (Wildman–Crippen MR) is 70.3 cm³/mol. The molecule has 2 aliphatic heterocycles. The van der Waals surface area contributed by atoms with E-state index in [4.69, 9.17) is 11.6 Å². The minimum atomic E-state index is 0. The minimum Gasteiger partial charge on any atom is -1.00 e. The molecule has 0 saturated carbocycles. The van der Waals surface area contributed by atoms with Gasteiger partial charge in [-0.05, 0) is 12.1 Å². The molecule has 2 fully saturated rings. The molecule has 0 amide bonds. The fourth-order valence-corrected chi connectivity index (χ4v) is 3.57. The lowest BCUT2D eigenvalue weighted by Crippen LogP contribution is -3.00. The summed E-state index contributed by atoms with van der Waals surface area (Å²) in [6, 6.07) is 3.96. The lowest BCUT2D eigenvalue weighted by molar-refractivity contribution is -0.880. The summed E-state index contributed by atoms with van der Waals surface area (Å²) in [5.74, 6) is 1.70. The molecule has 18 heavy (non-hydrogen) atoms. The highest BCUT2D eigenvalue weighted by Gasteiger charge is 2.45. The third-order valence-corrected chi connectivity index (χ3v) is 4.33. The molecule has 5 heteroatoms. The van der Waals surface area contributed by atoms with Crippen LogP contribution in [0.2, 0.25) is 5.15 Å². The molecule has 3 heterocycles. The Morgan fingerprint density at radius 1 is 1.22 bits per heavy atom. The number of aromatic nitrogens is 1. The summed E-state index contributed by atoms with van der Waals surface area (Å²) in [6.45, 7) is 4.97. The summed E-state index contributed by atoms with van der Waals surface area (Å²) < 4.78 is 1.18. The molecule has 100 valence electrons. The molecule has 2 aliphatic rings. The van der Waals surface area contributed by atoms with Crippen LogP contribution in [0, 0.1) is 11.8 Å². The zero-order valence-corrected chi connectivity index (χ0v) is 13.7.